The molecule has 0 aromatic heterocycles. The number of carbonyl (C=O) groups is 1. The Hall–Kier alpha value is -2.04. The van der Waals surface area contributed by atoms with Gasteiger partial charge in [0.25, 0.3) is 0 Å². The molecule has 1 aliphatic carbocycles. The van der Waals surface area contributed by atoms with Crippen molar-refractivity contribution in [3.8, 4) is 5.75 Å². The fourth-order valence-electron chi connectivity index (χ4n) is 3.07. The van der Waals surface area contributed by atoms with Crippen LogP contribution in [0.1, 0.15) is 44.6 Å². The third kappa shape index (κ3) is 2.48. The highest BCUT2D eigenvalue weighted by atomic mass is 16.6. The normalized spacial score (nSPS) is 20.1. The maximum atomic E-state index is 11.9. The quantitative estimate of drug-likeness (QED) is 0.840. The first-order valence-corrected chi connectivity index (χ1v) is 7.37. The highest BCUT2D eigenvalue weighted by molar-refractivity contribution is 5.97. The minimum absolute atomic E-state index is 0.0743. The summed E-state index contributed by atoms with van der Waals surface area (Å²) in [4.78, 5) is 11.9. The summed E-state index contributed by atoms with van der Waals surface area (Å²) in [5.74, 6) is 1.18. The minimum atomic E-state index is -0.581. The average molecular weight is 288 g/mol. The van der Waals surface area contributed by atoms with Crippen LogP contribution in [0.5, 0.6) is 5.75 Å². The predicted octanol–water partition coefficient (Wildman–Crippen LogP) is 2.90. The Balaban J connectivity index is 1.93. The van der Waals surface area contributed by atoms with Crippen LogP contribution in [0.4, 0.5) is 0 Å². The third-order valence-corrected chi connectivity index (χ3v) is 4.11. The summed E-state index contributed by atoms with van der Waals surface area (Å²) in [5, 5.41) is 5.96. The molecule has 3 rings (SSSR count). The fourth-order valence-corrected chi connectivity index (χ4v) is 3.07. The molecule has 1 aliphatic heterocycles. The van der Waals surface area contributed by atoms with Crippen LogP contribution in [0.3, 0.4) is 0 Å². The van der Waals surface area contributed by atoms with Crippen molar-refractivity contribution in [1.82, 2.24) is 5.01 Å². The summed E-state index contributed by atoms with van der Waals surface area (Å²) >= 11 is 0. The van der Waals surface area contributed by atoms with Crippen molar-refractivity contribution in [2.45, 2.75) is 44.8 Å². The van der Waals surface area contributed by atoms with Crippen molar-refractivity contribution in [1.29, 1.82) is 0 Å². The molecule has 1 amide bonds. The van der Waals surface area contributed by atoms with Gasteiger partial charge in [-0.3, -0.25) is 4.79 Å². The lowest BCUT2D eigenvalue weighted by Crippen LogP contribution is -2.48. The van der Waals surface area contributed by atoms with E-state index in [1.807, 2.05) is 24.3 Å². The summed E-state index contributed by atoms with van der Waals surface area (Å²) in [6.45, 7) is 1.54. The van der Waals surface area contributed by atoms with Crippen LogP contribution in [0, 0.1) is 0 Å². The molecule has 0 bridgehead atoms. The molecule has 0 atom stereocenters. The molecule has 0 unspecified atom stereocenters. The Morgan fingerprint density at radius 3 is 2.76 bits per heavy atom. The van der Waals surface area contributed by atoms with Crippen molar-refractivity contribution in [3.05, 3.63) is 29.8 Å². The number of hydrogen-bond acceptors (Lipinski definition) is 4. The van der Waals surface area contributed by atoms with Gasteiger partial charge in [0.05, 0.1) is 7.11 Å². The highest BCUT2D eigenvalue weighted by Crippen LogP contribution is 2.39. The van der Waals surface area contributed by atoms with Crippen molar-refractivity contribution in [3.63, 3.8) is 0 Å². The molecule has 5 heteroatoms. The zero-order valence-corrected chi connectivity index (χ0v) is 12.5. The van der Waals surface area contributed by atoms with Gasteiger partial charge in [-0.2, -0.15) is 5.01 Å². The fraction of sp³-hybridized carbons (Fsp3) is 0.500. The molecule has 1 fully saturated rings. The van der Waals surface area contributed by atoms with Crippen LogP contribution >= 0.6 is 0 Å². The topological polar surface area (TPSA) is 51.1 Å². The summed E-state index contributed by atoms with van der Waals surface area (Å²) in [6, 6.07) is 7.56. The van der Waals surface area contributed by atoms with E-state index < -0.39 is 5.72 Å². The van der Waals surface area contributed by atoms with Crippen LogP contribution < -0.4 is 4.74 Å². The Bertz CT molecular complexity index is 577. The van der Waals surface area contributed by atoms with Gasteiger partial charge in [-0.1, -0.05) is 12.5 Å². The van der Waals surface area contributed by atoms with E-state index in [0.717, 1.165) is 37.0 Å². The zero-order chi connectivity index (χ0) is 14.9. The second-order valence-electron chi connectivity index (χ2n) is 5.58. The molecular formula is C16H20N2O3. The van der Waals surface area contributed by atoms with Gasteiger partial charge in [0.1, 0.15) is 5.75 Å². The highest BCUT2D eigenvalue weighted by Gasteiger charge is 2.47. The number of amides is 1. The molecule has 0 N–H and O–H groups in total. The van der Waals surface area contributed by atoms with E-state index in [9.17, 15) is 4.79 Å². The number of ether oxygens (including phenoxy) is 2. The first kappa shape index (κ1) is 13.9. The number of methoxy groups -OCH3 is 1. The molecule has 0 saturated heterocycles. The van der Waals surface area contributed by atoms with Gasteiger partial charge in [0.2, 0.25) is 17.5 Å². The Morgan fingerprint density at radius 1 is 1.33 bits per heavy atom. The smallest absolute Gasteiger partial charge is 0.243 e. The number of rotatable bonds is 2. The van der Waals surface area contributed by atoms with Gasteiger partial charge in [0.15, 0.2) is 0 Å². The maximum Gasteiger partial charge on any atom is 0.243 e. The lowest BCUT2D eigenvalue weighted by Gasteiger charge is -2.37. The lowest BCUT2D eigenvalue weighted by atomic mass is 9.91. The summed E-state index contributed by atoms with van der Waals surface area (Å²) < 4.78 is 11.4. The standard InChI is InChI=1S/C16H20N2O3/c1-12(19)18-16(9-4-3-5-10-16)21-15(17-18)13-7-6-8-14(11-13)20-2/h6-8,11H,3-5,9-10H2,1-2H3. The van der Waals surface area contributed by atoms with Gasteiger partial charge in [0, 0.05) is 25.3 Å². The van der Waals surface area contributed by atoms with E-state index in [1.165, 1.54) is 18.4 Å². The molecule has 21 heavy (non-hydrogen) atoms. The number of benzene rings is 1. The zero-order valence-electron chi connectivity index (χ0n) is 12.5. The maximum absolute atomic E-state index is 11.9. The predicted molar refractivity (Wildman–Crippen MR) is 79.0 cm³/mol. The van der Waals surface area contributed by atoms with Crippen LogP contribution in [-0.4, -0.2) is 29.6 Å². The van der Waals surface area contributed by atoms with Gasteiger partial charge >= 0.3 is 0 Å². The molecule has 1 aromatic carbocycles. The van der Waals surface area contributed by atoms with Gasteiger partial charge in [-0.15, -0.1) is 5.10 Å². The largest absolute Gasteiger partial charge is 0.497 e. The van der Waals surface area contributed by atoms with Gasteiger partial charge in [-0.25, -0.2) is 0 Å². The summed E-state index contributed by atoms with van der Waals surface area (Å²) in [7, 11) is 1.63. The van der Waals surface area contributed by atoms with Crippen LogP contribution in [0.2, 0.25) is 0 Å². The van der Waals surface area contributed by atoms with Crippen molar-refractivity contribution >= 4 is 11.8 Å². The van der Waals surface area contributed by atoms with Crippen molar-refractivity contribution in [2.24, 2.45) is 5.10 Å². The molecule has 2 aliphatic rings. The Labute approximate surface area is 124 Å². The molecule has 5 nitrogen and oxygen atoms in total. The number of nitrogens with zero attached hydrogens (tertiary/aromatic N) is 2. The number of hydrazone groups is 1. The van der Waals surface area contributed by atoms with Gasteiger partial charge < -0.3 is 9.47 Å². The van der Waals surface area contributed by atoms with Crippen LogP contribution in [0.15, 0.2) is 29.4 Å². The minimum Gasteiger partial charge on any atom is -0.497 e. The van der Waals surface area contributed by atoms with E-state index in [2.05, 4.69) is 5.10 Å². The van der Waals surface area contributed by atoms with E-state index >= 15 is 0 Å². The second-order valence-corrected chi connectivity index (χ2v) is 5.58. The van der Waals surface area contributed by atoms with E-state index in [-0.39, 0.29) is 5.91 Å². The molecule has 1 heterocycles. The van der Waals surface area contributed by atoms with Crippen LogP contribution in [-0.2, 0) is 9.53 Å². The first-order chi connectivity index (χ1) is 10.1. The van der Waals surface area contributed by atoms with Crippen molar-refractivity contribution in [2.75, 3.05) is 7.11 Å². The van der Waals surface area contributed by atoms with Crippen molar-refractivity contribution < 1.29 is 14.3 Å². The lowest BCUT2D eigenvalue weighted by molar-refractivity contribution is -0.151. The van der Waals surface area contributed by atoms with E-state index in [0.29, 0.717) is 5.90 Å². The second kappa shape index (κ2) is 5.39. The molecular weight excluding hydrogens is 268 g/mol. The molecule has 0 radical (unpaired) electrons. The van der Waals surface area contributed by atoms with E-state index in [4.69, 9.17) is 9.47 Å². The Kier molecular flexibility index (Phi) is 3.57. The first-order valence-electron chi connectivity index (χ1n) is 7.37. The molecule has 112 valence electrons. The molecule has 1 aromatic rings. The monoisotopic (exact) mass is 288 g/mol. The number of hydrogen-bond donors (Lipinski definition) is 0. The molecule has 1 spiro atoms. The SMILES string of the molecule is COc1cccc(C2=NN(C(C)=O)C3(CCCCC3)O2)c1. The summed E-state index contributed by atoms with van der Waals surface area (Å²) in [6.07, 6.45) is 4.98. The van der Waals surface area contributed by atoms with E-state index in [1.54, 1.807) is 7.11 Å². The molecule has 1 saturated carbocycles. The average Bonchev–Trinajstić information content (AvgIpc) is 2.87. The number of carbonyl (C=O) groups excluding carboxylic acids is 1. The summed E-state index contributed by atoms with van der Waals surface area (Å²) in [5.41, 5.74) is 0.255. The van der Waals surface area contributed by atoms with Gasteiger partial charge in [-0.05, 0) is 31.0 Å². The third-order valence-electron chi connectivity index (χ3n) is 4.11. The Morgan fingerprint density at radius 2 is 2.10 bits per heavy atom. The van der Waals surface area contributed by atoms with Crippen LogP contribution in [0.25, 0.3) is 0 Å².